The number of fused-ring (bicyclic) bond motifs is 1. The maximum atomic E-state index is 10.3. The van der Waals surface area contributed by atoms with Crippen LogP contribution in [0.5, 0.6) is 5.75 Å². The molecule has 0 amide bonds. The number of benzene rings is 1. The van der Waals surface area contributed by atoms with Crippen molar-refractivity contribution in [1.29, 1.82) is 0 Å². The fourth-order valence-electron chi connectivity index (χ4n) is 3.26. The Hall–Kier alpha value is -1.06. The zero-order chi connectivity index (χ0) is 12.8. The minimum atomic E-state index is -0.384. The third kappa shape index (κ3) is 1.91. The number of likely N-dealkylation sites (tertiary alicyclic amines) is 1. The van der Waals surface area contributed by atoms with Crippen LogP contribution in [0, 0.1) is 0 Å². The number of rotatable bonds is 0. The molecule has 18 heavy (non-hydrogen) atoms. The SMILES string of the molecule is CC1CC2(CCN1C)C[C@H](O)c1ccccc1O2. The monoisotopic (exact) mass is 247 g/mol. The molecule has 1 saturated heterocycles. The summed E-state index contributed by atoms with van der Waals surface area (Å²) < 4.78 is 6.26. The Balaban J connectivity index is 1.89. The van der Waals surface area contributed by atoms with Crippen LogP contribution in [0.1, 0.15) is 37.9 Å². The molecule has 1 aromatic rings. The van der Waals surface area contributed by atoms with Crippen molar-refractivity contribution in [1.82, 2.24) is 4.90 Å². The normalized spacial score (nSPS) is 36.2. The minimum absolute atomic E-state index is 0.167. The number of piperidine rings is 1. The second kappa shape index (κ2) is 4.25. The summed E-state index contributed by atoms with van der Waals surface area (Å²) in [7, 11) is 2.16. The largest absolute Gasteiger partial charge is 0.487 e. The van der Waals surface area contributed by atoms with Crippen LogP contribution in [0.25, 0.3) is 0 Å². The highest BCUT2D eigenvalue weighted by Gasteiger charge is 2.44. The van der Waals surface area contributed by atoms with Gasteiger partial charge in [-0.15, -0.1) is 0 Å². The van der Waals surface area contributed by atoms with Crippen molar-refractivity contribution < 1.29 is 9.84 Å². The quantitative estimate of drug-likeness (QED) is 0.764. The van der Waals surface area contributed by atoms with Crippen LogP contribution >= 0.6 is 0 Å². The van der Waals surface area contributed by atoms with E-state index in [9.17, 15) is 5.11 Å². The highest BCUT2D eigenvalue weighted by atomic mass is 16.5. The Morgan fingerprint density at radius 2 is 2.11 bits per heavy atom. The van der Waals surface area contributed by atoms with Crippen LogP contribution in [0.3, 0.4) is 0 Å². The number of ether oxygens (including phenoxy) is 1. The molecule has 3 heteroatoms. The van der Waals surface area contributed by atoms with E-state index in [4.69, 9.17) is 4.74 Å². The lowest BCUT2D eigenvalue weighted by molar-refractivity contribution is -0.0645. The van der Waals surface area contributed by atoms with Crippen LogP contribution < -0.4 is 4.74 Å². The third-order valence-electron chi connectivity index (χ3n) is 4.51. The summed E-state index contributed by atoms with van der Waals surface area (Å²) in [6, 6.07) is 8.38. The molecule has 0 radical (unpaired) electrons. The molecule has 1 aromatic carbocycles. The van der Waals surface area contributed by atoms with Crippen molar-refractivity contribution in [3.63, 3.8) is 0 Å². The van der Waals surface area contributed by atoms with E-state index in [0.717, 1.165) is 37.1 Å². The third-order valence-corrected chi connectivity index (χ3v) is 4.51. The summed E-state index contributed by atoms with van der Waals surface area (Å²) >= 11 is 0. The van der Waals surface area contributed by atoms with Gasteiger partial charge in [-0.25, -0.2) is 0 Å². The van der Waals surface area contributed by atoms with Crippen LogP contribution in [0.2, 0.25) is 0 Å². The molecule has 0 bridgehead atoms. The predicted octanol–water partition coefficient (Wildman–Crippen LogP) is 2.36. The van der Waals surface area contributed by atoms with E-state index in [0.29, 0.717) is 6.04 Å². The maximum Gasteiger partial charge on any atom is 0.125 e. The predicted molar refractivity (Wildman–Crippen MR) is 70.7 cm³/mol. The number of para-hydroxylation sites is 1. The fourth-order valence-corrected chi connectivity index (χ4v) is 3.26. The minimum Gasteiger partial charge on any atom is -0.487 e. The molecular formula is C15H21NO2. The molecule has 0 aromatic heterocycles. The van der Waals surface area contributed by atoms with Crippen molar-refractivity contribution >= 4 is 0 Å². The maximum absolute atomic E-state index is 10.3. The molecule has 2 unspecified atom stereocenters. The van der Waals surface area contributed by atoms with E-state index in [1.807, 2.05) is 24.3 Å². The van der Waals surface area contributed by atoms with Gasteiger partial charge in [0, 0.05) is 31.0 Å². The van der Waals surface area contributed by atoms with Gasteiger partial charge in [0.05, 0.1) is 6.10 Å². The average molecular weight is 247 g/mol. The molecule has 2 aliphatic heterocycles. The summed E-state index contributed by atoms with van der Waals surface area (Å²) in [6.45, 7) is 3.27. The Morgan fingerprint density at radius 1 is 1.33 bits per heavy atom. The molecule has 98 valence electrons. The highest BCUT2D eigenvalue weighted by Crippen LogP contribution is 2.44. The number of hydrogen-bond donors (Lipinski definition) is 1. The first-order valence-corrected chi connectivity index (χ1v) is 6.76. The Kier molecular flexibility index (Phi) is 2.83. The van der Waals surface area contributed by atoms with Crippen molar-refractivity contribution in [2.45, 2.75) is 43.9 Å². The van der Waals surface area contributed by atoms with Crippen LogP contribution in [0.15, 0.2) is 24.3 Å². The first-order valence-electron chi connectivity index (χ1n) is 6.76. The Bertz CT molecular complexity index is 448. The fraction of sp³-hybridized carbons (Fsp3) is 0.600. The molecule has 1 fully saturated rings. The molecule has 3 nitrogen and oxygen atoms in total. The summed E-state index contributed by atoms with van der Waals surface area (Å²) in [4.78, 5) is 2.36. The molecule has 1 spiro atoms. The summed E-state index contributed by atoms with van der Waals surface area (Å²) in [5.41, 5.74) is 0.773. The summed E-state index contributed by atoms with van der Waals surface area (Å²) in [6.07, 6.45) is 2.33. The van der Waals surface area contributed by atoms with E-state index in [-0.39, 0.29) is 11.7 Å². The van der Waals surface area contributed by atoms with Gasteiger partial charge >= 0.3 is 0 Å². The second-order valence-corrected chi connectivity index (χ2v) is 5.83. The zero-order valence-corrected chi connectivity index (χ0v) is 11.1. The van der Waals surface area contributed by atoms with Crippen molar-refractivity contribution in [3.8, 4) is 5.75 Å². The molecule has 0 aliphatic carbocycles. The lowest BCUT2D eigenvalue weighted by Gasteiger charge is -2.47. The Morgan fingerprint density at radius 3 is 2.89 bits per heavy atom. The van der Waals surface area contributed by atoms with Gasteiger partial charge in [-0.3, -0.25) is 0 Å². The molecule has 2 aliphatic rings. The van der Waals surface area contributed by atoms with E-state index in [1.165, 1.54) is 0 Å². The number of aliphatic hydroxyl groups excluding tert-OH is 1. The second-order valence-electron chi connectivity index (χ2n) is 5.83. The van der Waals surface area contributed by atoms with Gasteiger partial charge < -0.3 is 14.7 Å². The number of nitrogens with zero attached hydrogens (tertiary/aromatic N) is 1. The molecule has 0 saturated carbocycles. The lowest BCUT2D eigenvalue weighted by atomic mass is 9.79. The molecule has 3 atom stereocenters. The van der Waals surface area contributed by atoms with Crippen molar-refractivity contribution in [2.24, 2.45) is 0 Å². The number of aliphatic hydroxyl groups is 1. The van der Waals surface area contributed by atoms with Gasteiger partial charge in [-0.2, -0.15) is 0 Å². The molecule has 1 N–H and O–H groups in total. The van der Waals surface area contributed by atoms with Crippen LogP contribution in [-0.4, -0.2) is 35.2 Å². The summed E-state index contributed by atoms with van der Waals surface area (Å²) in [5, 5.41) is 10.3. The van der Waals surface area contributed by atoms with Gasteiger partial charge in [0.1, 0.15) is 11.4 Å². The van der Waals surface area contributed by atoms with E-state index >= 15 is 0 Å². The zero-order valence-electron chi connectivity index (χ0n) is 11.1. The highest BCUT2D eigenvalue weighted by molar-refractivity contribution is 5.38. The van der Waals surface area contributed by atoms with Gasteiger partial charge in [0.15, 0.2) is 0 Å². The first kappa shape index (κ1) is 12.0. The topological polar surface area (TPSA) is 32.7 Å². The molecule has 3 rings (SSSR count). The lowest BCUT2D eigenvalue weighted by Crippen LogP contribution is -2.52. The molecule has 2 heterocycles. The van der Waals surface area contributed by atoms with Gasteiger partial charge in [-0.1, -0.05) is 18.2 Å². The van der Waals surface area contributed by atoms with E-state index in [1.54, 1.807) is 0 Å². The van der Waals surface area contributed by atoms with Crippen molar-refractivity contribution in [3.05, 3.63) is 29.8 Å². The molecular weight excluding hydrogens is 226 g/mol. The number of hydrogen-bond acceptors (Lipinski definition) is 3. The summed E-state index contributed by atoms with van der Waals surface area (Å²) in [5.74, 6) is 0.869. The van der Waals surface area contributed by atoms with Crippen LogP contribution in [0.4, 0.5) is 0 Å². The first-order chi connectivity index (χ1) is 8.60. The van der Waals surface area contributed by atoms with Crippen molar-refractivity contribution in [2.75, 3.05) is 13.6 Å². The van der Waals surface area contributed by atoms with Gasteiger partial charge in [-0.05, 0) is 26.5 Å². The Labute approximate surface area is 108 Å². The average Bonchev–Trinajstić information content (AvgIpc) is 2.35. The van der Waals surface area contributed by atoms with Gasteiger partial charge in [0.2, 0.25) is 0 Å². The van der Waals surface area contributed by atoms with Gasteiger partial charge in [0.25, 0.3) is 0 Å². The van der Waals surface area contributed by atoms with Crippen LogP contribution in [-0.2, 0) is 0 Å². The van der Waals surface area contributed by atoms with E-state index in [2.05, 4.69) is 18.9 Å². The van der Waals surface area contributed by atoms with E-state index < -0.39 is 0 Å². The standard InChI is InChI=1S/C15H21NO2/c1-11-9-15(7-8-16(11)2)10-13(17)12-5-3-4-6-14(12)18-15/h3-6,11,13,17H,7-10H2,1-2H3/t11?,13-,15?/m0/s1. The smallest absolute Gasteiger partial charge is 0.125 e.